The number of aromatic nitrogens is 2. The highest BCUT2D eigenvalue weighted by atomic mass is 19.4. The Morgan fingerprint density at radius 1 is 0.955 bits per heavy atom. The molecular weight excluding hydrogens is 573 g/mol. The molecule has 9 nitrogen and oxygen atoms in total. The van der Waals surface area contributed by atoms with E-state index >= 15 is 0 Å². The average Bonchev–Trinajstić information content (AvgIpc) is 3.44. The number of nitrogens with zero attached hydrogens (tertiary/aromatic N) is 3. The number of aromatic carboxylic acids is 1. The lowest BCUT2D eigenvalue weighted by atomic mass is 10.00. The van der Waals surface area contributed by atoms with Crippen molar-refractivity contribution in [2.45, 2.75) is 33.1 Å². The van der Waals surface area contributed by atoms with Crippen LogP contribution in [0.2, 0.25) is 0 Å². The average molecular weight is 609 g/mol. The van der Waals surface area contributed by atoms with Crippen molar-refractivity contribution in [1.82, 2.24) is 19.8 Å². The molecule has 12 heteroatoms. The van der Waals surface area contributed by atoms with Gasteiger partial charge in [-0.25, -0.2) is 9.78 Å². The van der Waals surface area contributed by atoms with Crippen molar-refractivity contribution < 1.29 is 27.9 Å². The number of benzene rings is 2. The van der Waals surface area contributed by atoms with Crippen molar-refractivity contribution in [3.63, 3.8) is 0 Å². The minimum absolute atomic E-state index is 0.0112. The van der Waals surface area contributed by atoms with Gasteiger partial charge in [-0.2, -0.15) is 13.2 Å². The first-order valence-corrected chi connectivity index (χ1v) is 14.5. The number of ketones is 1. The van der Waals surface area contributed by atoms with E-state index in [1.807, 2.05) is 30.0 Å². The highest BCUT2D eigenvalue weighted by Gasteiger charge is 2.34. The first kappa shape index (κ1) is 31.0. The van der Waals surface area contributed by atoms with Crippen molar-refractivity contribution in [2.75, 3.05) is 49.9 Å². The molecule has 0 amide bonds. The molecule has 44 heavy (non-hydrogen) atoms. The smallest absolute Gasteiger partial charge is 0.416 e. The van der Waals surface area contributed by atoms with Gasteiger partial charge in [-0.1, -0.05) is 25.1 Å². The number of aryl methyl sites for hydroxylation is 1. The number of carboxylic acids is 1. The highest BCUT2D eigenvalue weighted by Crippen LogP contribution is 2.34. The Bertz CT molecular complexity index is 1660. The van der Waals surface area contributed by atoms with Crippen molar-refractivity contribution in [3.8, 4) is 0 Å². The Kier molecular flexibility index (Phi) is 9.21. The van der Waals surface area contributed by atoms with Gasteiger partial charge in [0.2, 0.25) is 0 Å². The molecule has 2 aromatic carbocycles. The van der Waals surface area contributed by atoms with E-state index in [9.17, 15) is 27.9 Å². The van der Waals surface area contributed by atoms with Crippen LogP contribution >= 0.6 is 0 Å². The largest absolute Gasteiger partial charge is 0.477 e. The maximum Gasteiger partial charge on any atom is 0.416 e. The molecule has 0 spiro atoms. The summed E-state index contributed by atoms with van der Waals surface area (Å²) in [6.07, 6.45) is -2.96. The molecule has 0 unspecified atom stereocenters. The number of carbonyl (C=O) groups excluding carboxylic acids is 1. The van der Waals surface area contributed by atoms with E-state index in [2.05, 4.69) is 32.4 Å². The Hall–Kier alpha value is -4.42. The topological polar surface area (TPSA) is 114 Å². The molecule has 1 saturated heterocycles. The van der Waals surface area contributed by atoms with E-state index in [-0.39, 0.29) is 29.9 Å². The van der Waals surface area contributed by atoms with Crippen LogP contribution in [0.5, 0.6) is 0 Å². The minimum Gasteiger partial charge on any atom is -0.477 e. The van der Waals surface area contributed by atoms with E-state index in [1.54, 1.807) is 12.3 Å². The Morgan fingerprint density at radius 3 is 2.41 bits per heavy atom. The zero-order chi connectivity index (χ0) is 31.4. The van der Waals surface area contributed by atoms with Crippen LogP contribution in [0.15, 0.2) is 54.7 Å². The van der Waals surface area contributed by atoms with Gasteiger partial charge in [-0.3, -0.25) is 9.69 Å². The Balaban J connectivity index is 1.22. The number of hydrogen-bond acceptors (Lipinski definition) is 7. The number of fused-ring (bicyclic) bond motifs is 1. The third-order valence-electron chi connectivity index (χ3n) is 8.03. The number of nitrogens with one attached hydrogen (secondary N) is 3. The molecule has 0 atom stereocenters. The van der Waals surface area contributed by atoms with E-state index in [0.29, 0.717) is 42.0 Å². The Labute approximate surface area is 253 Å². The van der Waals surface area contributed by atoms with Gasteiger partial charge in [-0.05, 0) is 60.5 Å². The summed E-state index contributed by atoms with van der Waals surface area (Å²) in [5.41, 5.74) is 3.25. The van der Waals surface area contributed by atoms with Gasteiger partial charge in [0, 0.05) is 55.9 Å². The number of anilines is 2. The van der Waals surface area contributed by atoms with Gasteiger partial charge >= 0.3 is 12.1 Å². The summed E-state index contributed by atoms with van der Waals surface area (Å²) in [5, 5.41) is 16.2. The second-order valence-electron chi connectivity index (χ2n) is 11.0. The molecule has 2 aromatic heterocycles. The van der Waals surface area contributed by atoms with Crippen molar-refractivity contribution in [2.24, 2.45) is 0 Å². The van der Waals surface area contributed by atoms with E-state index in [1.165, 1.54) is 18.2 Å². The standard InChI is InChI=1S/C32H35F3N6O3/c1-3-40-8-10-41(11-9-40)19-22-6-5-21(14-27(22)32(33,34)35)29(42)18-37-25-7-4-20(2)24(13-25)16-36-26-12-23-15-28(31(43)44)39-30(23)38-17-26/h4-7,12-15,17,36-37H,3,8-11,16,18-19H2,1-2H3,(H,38,39)(H,43,44). The number of pyridine rings is 1. The molecule has 5 rings (SSSR count). The molecule has 4 aromatic rings. The quantitative estimate of drug-likeness (QED) is 0.162. The molecule has 1 fully saturated rings. The number of rotatable bonds is 11. The fourth-order valence-electron chi connectivity index (χ4n) is 5.34. The van der Waals surface area contributed by atoms with Crippen LogP contribution in [0, 0.1) is 6.92 Å². The summed E-state index contributed by atoms with van der Waals surface area (Å²) in [7, 11) is 0. The third kappa shape index (κ3) is 7.37. The SMILES string of the molecule is CCN1CCN(Cc2ccc(C(=O)CNc3ccc(C)c(CNc4cnc5[nH]c(C(=O)O)cc5c4)c3)cc2C(F)(F)F)CC1. The summed E-state index contributed by atoms with van der Waals surface area (Å²) in [6.45, 7) is 8.47. The molecule has 0 saturated carbocycles. The van der Waals surface area contributed by atoms with Gasteiger partial charge in [0.1, 0.15) is 11.3 Å². The molecule has 232 valence electrons. The van der Waals surface area contributed by atoms with Crippen LogP contribution in [-0.2, 0) is 19.3 Å². The Morgan fingerprint density at radius 2 is 1.70 bits per heavy atom. The number of alkyl halides is 3. The van der Waals surface area contributed by atoms with Crippen LogP contribution in [-0.4, -0.2) is 75.9 Å². The first-order chi connectivity index (χ1) is 21.0. The summed E-state index contributed by atoms with van der Waals surface area (Å²) < 4.78 is 42.0. The molecule has 0 aliphatic carbocycles. The number of aromatic amines is 1. The maximum atomic E-state index is 14.0. The lowest BCUT2D eigenvalue weighted by molar-refractivity contribution is -0.138. The molecule has 1 aliphatic rings. The fraction of sp³-hybridized carbons (Fsp3) is 0.344. The number of piperazine rings is 1. The number of carboxylic acid groups (broad SMARTS) is 1. The monoisotopic (exact) mass is 608 g/mol. The molecule has 4 N–H and O–H groups in total. The van der Waals surface area contributed by atoms with Crippen molar-refractivity contribution in [1.29, 1.82) is 0 Å². The fourth-order valence-corrected chi connectivity index (χ4v) is 5.34. The van der Waals surface area contributed by atoms with E-state index in [4.69, 9.17) is 0 Å². The minimum atomic E-state index is -4.57. The van der Waals surface area contributed by atoms with Crippen molar-refractivity contribution >= 4 is 34.2 Å². The van der Waals surface area contributed by atoms with Gasteiger partial charge in [0.15, 0.2) is 5.78 Å². The number of halogens is 3. The van der Waals surface area contributed by atoms with Gasteiger partial charge in [0.05, 0.1) is 24.0 Å². The molecule has 1 aliphatic heterocycles. The zero-order valence-corrected chi connectivity index (χ0v) is 24.6. The molecular formula is C32H35F3N6O3. The molecule has 3 heterocycles. The number of carbonyl (C=O) groups is 2. The van der Waals surface area contributed by atoms with E-state index < -0.39 is 23.5 Å². The van der Waals surface area contributed by atoms with Gasteiger partial charge in [-0.15, -0.1) is 0 Å². The summed E-state index contributed by atoms with van der Waals surface area (Å²) >= 11 is 0. The lowest BCUT2D eigenvalue weighted by Crippen LogP contribution is -2.45. The predicted octanol–water partition coefficient (Wildman–Crippen LogP) is 5.63. The molecule has 0 radical (unpaired) electrons. The van der Waals surface area contributed by atoms with Crippen LogP contribution in [0.3, 0.4) is 0 Å². The second-order valence-corrected chi connectivity index (χ2v) is 11.0. The normalized spacial score (nSPS) is 14.6. The number of hydrogen-bond donors (Lipinski definition) is 4. The van der Waals surface area contributed by atoms with Gasteiger partial charge in [0.25, 0.3) is 0 Å². The van der Waals surface area contributed by atoms with E-state index in [0.717, 1.165) is 36.8 Å². The lowest BCUT2D eigenvalue weighted by Gasteiger charge is -2.34. The maximum absolute atomic E-state index is 14.0. The van der Waals surface area contributed by atoms with Crippen LogP contribution in [0.1, 0.15) is 50.0 Å². The summed E-state index contributed by atoms with van der Waals surface area (Å²) in [5.74, 6) is -1.50. The molecule has 0 bridgehead atoms. The third-order valence-corrected chi connectivity index (χ3v) is 8.03. The van der Waals surface area contributed by atoms with Gasteiger partial charge < -0.3 is 25.6 Å². The number of H-pyrrole nitrogens is 1. The van der Waals surface area contributed by atoms with Crippen molar-refractivity contribution in [3.05, 3.63) is 88.2 Å². The second kappa shape index (κ2) is 13.1. The van der Waals surface area contributed by atoms with Crippen LogP contribution in [0.4, 0.5) is 24.5 Å². The predicted molar refractivity (Wildman–Crippen MR) is 163 cm³/mol. The number of likely N-dealkylation sites (N-methyl/N-ethyl adjacent to an activating group) is 1. The summed E-state index contributed by atoms with van der Waals surface area (Å²) in [4.78, 5) is 35.5. The summed E-state index contributed by atoms with van der Waals surface area (Å²) in [6, 6.07) is 12.8. The highest BCUT2D eigenvalue weighted by molar-refractivity contribution is 5.99. The number of Topliss-reactive ketones (excluding diaryl/α,β-unsaturated/α-hetero) is 1. The first-order valence-electron chi connectivity index (χ1n) is 14.5. The van der Waals surface area contributed by atoms with Crippen LogP contribution < -0.4 is 10.6 Å². The van der Waals surface area contributed by atoms with Crippen LogP contribution in [0.25, 0.3) is 11.0 Å². The zero-order valence-electron chi connectivity index (χ0n) is 24.6.